The number of carbonyl (C=O) groups excluding carboxylic acids is 1. The SMILES string of the molecule is CCCCNC(=O)c1ccc2c(c1)[nH]c(=O)c(=O)n2CC. The maximum absolute atomic E-state index is 12.0. The lowest BCUT2D eigenvalue weighted by Gasteiger charge is -2.09. The first-order valence-corrected chi connectivity index (χ1v) is 7.13. The lowest BCUT2D eigenvalue weighted by Crippen LogP contribution is -2.36. The molecule has 2 rings (SSSR count). The Kier molecular flexibility index (Phi) is 4.57. The molecule has 1 aromatic carbocycles. The second kappa shape index (κ2) is 6.39. The molecule has 0 radical (unpaired) electrons. The lowest BCUT2D eigenvalue weighted by molar-refractivity contribution is 0.0953. The van der Waals surface area contributed by atoms with Crippen LogP contribution in [0.3, 0.4) is 0 Å². The van der Waals surface area contributed by atoms with Crippen molar-refractivity contribution in [2.45, 2.75) is 33.2 Å². The van der Waals surface area contributed by atoms with Crippen LogP contribution in [-0.4, -0.2) is 22.0 Å². The van der Waals surface area contributed by atoms with Gasteiger partial charge in [-0.05, 0) is 31.5 Å². The lowest BCUT2D eigenvalue weighted by atomic mass is 10.1. The van der Waals surface area contributed by atoms with Gasteiger partial charge in [0.15, 0.2) is 0 Å². The number of nitrogens with one attached hydrogen (secondary N) is 2. The highest BCUT2D eigenvalue weighted by Crippen LogP contribution is 2.11. The number of aromatic amines is 1. The normalized spacial score (nSPS) is 10.8. The predicted molar refractivity (Wildman–Crippen MR) is 81.7 cm³/mol. The monoisotopic (exact) mass is 289 g/mol. The average Bonchev–Trinajstić information content (AvgIpc) is 2.48. The van der Waals surface area contributed by atoms with Crippen molar-refractivity contribution in [2.24, 2.45) is 0 Å². The molecule has 2 aromatic rings. The number of aryl methyl sites for hydroxylation is 1. The second-order valence-electron chi connectivity index (χ2n) is 4.84. The van der Waals surface area contributed by atoms with Gasteiger partial charge in [0, 0.05) is 18.7 Å². The third kappa shape index (κ3) is 3.04. The number of H-pyrrole nitrogens is 1. The van der Waals surface area contributed by atoms with E-state index in [4.69, 9.17) is 0 Å². The van der Waals surface area contributed by atoms with E-state index in [1.807, 2.05) is 0 Å². The molecule has 21 heavy (non-hydrogen) atoms. The van der Waals surface area contributed by atoms with Gasteiger partial charge in [-0.25, -0.2) is 0 Å². The van der Waals surface area contributed by atoms with E-state index in [9.17, 15) is 14.4 Å². The van der Waals surface area contributed by atoms with E-state index in [0.717, 1.165) is 12.8 Å². The van der Waals surface area contributed by atoms with Gasteiger partial charge in [0.25, 0.3) is 5.91 Å². The van der Waals surface area contributed by atoms with Crippen LogP contribution >= 0.6 is 0 Å². The van der Waals surface area contributed by atoms with Gasteiger partial charge in [-0.3, -0.25) is 14.4 Å². The molecule has 0 aliphatic carbocycles. The van der Waals surface area contributed by atoms with Gasteiger partial charge in [-0.15, -0.1) is 0 Å². The van der Waals surface area contributed by atoms with Gasteiger partial charge in [0.1, 0.15) is 0 Å². The van der Waals surface area contributed by atoms with E-state index in [1.54, 1.807) is 25.1 Å². The molecule has 6 heteroatoms. The van der Waals surface area contributed by atoms with Crippen molar-refractivity contribution < 1.29 is 4.79 Å². The number of amides is 1. The second-order valence-corrected chi connectivity index (χ2v) is 4.84. The van der Waals surface area contributed by atoms with Gasteiger partial charge in [-0.1, -0.05) is 13.3 Å². The number of hydrogen-bond acceptors (Lipinski definition) is 3. The summed E-state index contributed by atoms with van der Waals surface area (Å²) < 4.78 is 1.40. The van der Waals surface area contributed by atoms with Crippen molar-refractivity contribution in [2.75, 3.05) is 6.54 Å². The zero-order chi connectivity index (χ0) is 15.4. The van der Waals surface area contributed by atoms with Crippen LogP contribution in [0.4, 0.5) is 0 Å². The van der Waals surface area contributed by atoms with Crippen LogP contribution in [0.5, 0.6) is 0 Å². The zero-order valence-electron chi connectivity index (χ0n) is 12.2. The molecular formula is C15H19N3O3. The Hall–Kier alpha value is -2.37. The van der Waals surface area contributed by atoms with E-state index in [0.29, 0.717) is 29.7 Å². The first kappa shape index (κ1) is 15.0. The van der Waals surface area contributed by atoms with E-state index in [2.05, 4.69) is 17.2 Å². The summed E-state index contributed by atoms with van der Waals surface area (Å²) in [7, 11) is 0. The van der Waals surface area contributed by atoms with Crippen molar-refractivity contribution in [3.8, 4) is 0 Å². The van der Waals surface area contributed by atoms with Gasteiger partial charge in [-0.2, -0.15) is 0 Å². The Bertz CT molecular complexity index is 774. The minimum Gasteiger partial charge on any atom is -0.352 e. The molecule has 1 amide bonds. The van der Waals surface area contributed by atoms with Crippen LogP contribution in [0, 0.1) is 0 Å². The zero-order valence-corrected chi connectivity index (χ0v) is 12.2. The quantitative estimate of drug-likeness (QED) is 0.641. The Balaban J connectivity index is 2.43. The highest BCUT2D eigenvalue weighted by Gasteiger charge is 2.10. The van der Waals surface area contributed by atoms with E-state index in [1.165, 1.54) is 4.57 Å². The number of carbonyl (C=O) groups is 1. The summed E-state index contributed by atoms with van der Waals surface area (Å²) in [5, 5.41) is 2.82. The maximum atomic E-state index is 12.0. The standard InChI is InChI=1S/C15H19N3O3/c1-3-5-8-16-13(19)10-6-7-12-11(9-10)17-14(20)15(21)18(12)4-2/h6-7,9H,3-5,8H2,1-2H3,(H,16,19)(H,17,20). The van der Waals surface area contributed by atoms with Crippen molar-refractivity contribution in [1.29, 1.82) is 0 Å². The van der Waals surface area contributed by atoms with E-state index < -0.39 is 11.1 Å². The number of rotatable bonds is 5. The molecule has 0 atom stereocenters. The topological polar surface area (TPSA) is 84.0 Å². The first-order valence-electron chi connectivity index (χ1n) is 7.13. The number of unbranched alkanes of at least 4 members (excludes halogenated alkanes) is 1. The summed E-state index contributed by atoms with van der Waals surface area (Å²) in [6, 6.07) is 4.95. The Labute approximate surface area is 121 Å². The number of benzene rings is 1. The fourth-order valence-corrected chi connectivity index (χ4v) is 2.22. The molecular weight excluding hydrogens is 270 g/mol. The third-order valence-corrected chi connectivity index (χ3v) is 3.37. The van der Waals surface area contributed by atoms with Gasteiger partial charge in [0.2, 0.25) is 0 Å². The molecule has 0 bridgehead atoms. The molecule has 1 aromatic heterocycles. The van der Waals surface area contributed by atoms with Crippen LogP contribution in [-0.2, 0) is 6.54 Å². The summed E-state index contributed by atoms with van der Waals surface area (Å²) in [6.45, 7) is 4.88. The molecule has 0 aliphatic rings. The number of nitrogens with zero attached hydrogens (tertiary/aromatic N) is 1. The average molecular weight is 289 g/mol. The predicted octanol–water partition coefficient (Wildman–Crippen LogP) is 1.24. The summed E-state index contributed by atoms with van der Waals surface area (Å²) >= 11 is 0. The molecule has 112 valence electrons. The van der Waals surface area contributed by atoms with Crippen molar-refractivity contribution >= 4 is 16.9 Å². The minimum atomic E-state index is -0.673. The Morgan fingerprint density at radius 1 is 1.29 bits per heavy atom. The Morgan fingerprint density at radius 2 is 2.05 bits per heavy atom. The Morgan fingerprint density at radius 3 is 2.71 bits per heavy atom. The van der Waals surface area contributed by atoms with Gasteiger partial charge >= 0.3 is 11.1 Å². The van der Waals surface area contributed by atoms with Crippen LogP contribution < -0.4 is 16.4 Å². The van der Waals surface area contributed by atoms with Crippen molar-refractivity contribution in [3.63, 3.8) is 0 Å². The molecule has 0 fully saturated rings. The molecule has 0 unspecified atom stereocenters. The number of fused-ring (bicyclic) bond motifs is 1. The molecule has 0 spiro atoms. The largest absolute Gasteiger partial charge is 0.352 e. The molecule has 1 heterocycles. The molecule has 2 N–H and O–H groups in total. The highest BCUT2D eigenvalue weighted by atomic mass is 16.2. The van der Waals surface area contributed by atoms with Gasteiger partial charge < -0.3 is 14.9 Å². The minimum absolute atomic E-state index is 0.180. The smallest absolute Gasteiger partial charge is 0.316 e. The fourth-order valence-electron chi connectivity index (χ4n) is 2.22. The van der Waals surface area contributed by atoms with Crippen molar-refractivity contribution in [1.82, 2.24) is 14.9 Å². The summed E-state index contributed by atoms with van der Waals surface area (Å²) in [6.07, 6.45) is 1.93. The van der Waals surface area contributed by atoms with Crippen LogP contribution in [0.15, 0.2) is 27.8 Å². The van der Waals surface area contributed by atoms with Crippen LogP contribution in [0.1, 0.15) is 37.0 Å². The summed E-state index contributed by atoms with van der Waals surface area (Å²) in [5.74, 6) is -0.180. The number of aromatic nitrogens is 2. The van der Waals surface area contributed by atoms with E-state index >= 15 is 0 Å². The van der Waals surface area contributed by atoms with Crippen molar-refractivity contribution in [3.05, 3.63) is 44.5 Å². The first-order chi connectivity index (χ1) is 10.1. The molecule has 0 aliphatic heterocycles. The summed E-state index contributed by atoms with van der Waals surface area (Å²) in [5.41, 5.74) is 0.324. The molecule has 0 saturated carbocycles. The van der Waals surface area contributed by atoms with Crippen LogP contribution in [0.25, 0.3) is 11.0 Å². The maximum Gasteiger partial charge on any atom is 0.316 e. The van der Waals surface area contributed by atoms with Gasteiger partial charge in [0.05, 0.1) is 11.0 Å². The van der Waals surface area contributed by atoms with Crippen LogP contribution in [0.2, 0.25) is 0 Å². The molecule has 6 nitrogen and oxygen atoms in total. The van der Waals surface area contributed by atoms with E-state index in [-0.39, 0.29) is 5.91 Å². The highest BCUT2D eigenvalue weighted by molar-refractivity contribution is 5.97. The molecule has 0 saturated heterocycles. The third-order valence-electron chi connectivity index (χ3n) is 3.37. The number of hydrogen-bond donors (Lipinski definition) is 2. The fraction of sp³-hybridized carbons (Fsp3) is 0.400. The summed E-state index contributed by atoms with van der Waals surface area (Å²) in [4.78, 5) is 37.9.